The first-order valence-electron chi connectivity index (χ1n) is 9.09. The highest BCUT2D eigenvalue weighted by molar-refractivity contribution is 6.06. The molecule has 25 heavy (non-hydrogen) atoms. The summed E-state index contributed by atoms with van der Waals surface area (Å²) in [6.45, 7) is 4.77. The number of likely N-dealkylation sites (tertiary alicyclic amines) is 1. The molecule has 0 saturated carbocycles. The first-order valence-corrected chi connectivity index (χ1v) is 9.09. The van der Waals surface area contributed by atoms with Crippen LogP contribution >= 0.6 is 0 Å². The van der Waals surface area contributed by atoms with Crippen molar-refractivity contribution in [2.45, 2.75) is 37.9 Å². The third-order valence-corrected chi connectivity index (χ3v) is 5.28. The minimum Gasteiger partial charge on any atom is -0.376 e. The average Bonchev–Trinajstić information content (AvgIpc) is 3.03. The minimum absolute atomic E-state index is 0.0705. The van der Waals surface area contributed by atoms with E-state index in [1.54, 1.807) is 6.20 Å². The molecule has 1 amide bonds. The fraction of sp³-hybridized carbons (Fsp3) is 0.500. The fourth-order valence-corrected chi connectivity index (χ4v) is 4.15. The quantitative estimate of drug-likeness (QED) is 0.862. The van der Waals surface area contributed by atoms with Crippen molar-refractivity contribution in [3.05, 3.63) is 42.1 Å². The van der Waals surface area contributed by atoms with Gasteiger partial charge in [-0.2, -0.15) is 0 Å². The molecular weight excluding hydrogens is 316 g/mol. The second-order valence-electron chi connectivity index (χ2n) is 6.98. The van der Waals surface area contributed by atoms with E-state index in [-0.39, 0.29) is 17.6 Å². The van der Waals surface area contributed by atoms with Crippen molar-refractivity contribution in [1.82, 2.24) is 9.88 Å². The van der Waals surface area contributed by atoms with E-state index in [9.17, 15) is 4.79 Å². The SMILES string of the molecule is CCO[C@@H]1CO[C@]2(CCCN(C(=O)c3ccnc4ccccc34)C2)C1. The Morgan fingerprint density at radius 3 is 3.16 bits per heavy atom. The Kier molecular flexibility index (Phi) is 4.44. The van der Waals surface area contributed by atoms with E-state index in [1.807, 2.05) is 42.2 Å². The number of para-hydroxylation sites is 1. The predicted molar refractivity (Wildman–Crippen MR) is 95.6 cm³/mol. The molecule has 5 nitrogen and oxygen atoms in total. The van der Waals surface area contributed by atoms with E-state index in [0.717, 1.165) is 42.3 Å². The van der Waals surface area contributed by atoms with Crippen LogP contribution in [0.25, 0.3) is 10.9 Å². The molecule has 5 heteroatoms. The van der Waals surface area contributed by atoms with Crippen molar-refractivity contribution in [3.63, 3.8) is 0 Å². The van der Waals surface area contributed by atoms with Gasteiger partial charge >= 0.3 is 0 Å². The lowest BCUT2D eigenvalue weighted by molar-refractivity contribution is -0.0462. The Hall–Kier alpha value is -1.98. The summed E-state index contributed by atoms with van der Waals surface area (Å²) in [5.74, 6) is 0.0705. The summed E-state index contributed by atoms with van der Waals surface area (Å²) in [4.78, 5) is 19.5. The second-order valence-corrected chi connectivity index (χ2v) is 6.98. The molecule has 132 valence electrons. The van der Waals surface area contributed by atoms with Crippen LogP contribution in [-0.4, -0.2) is 53.8 Å². The van der Waals surface area contributed by atoms with E-state index >= 15 is 0 Å². The van der Waals surface area contributed by atoms with Crippen molar-refractivity contribution < 1.29 is 14.3 Å². The van der Waals surface area contributed by atoms with Gasteiger partial charge in [-0.15, -0.1) is 0 Å². The monoisotopic (exact) mass is 340 g/mol. The molecule has 0 unspecified atom stereocenters. The summed E-state index contributed by atoms with van der Waals surface area (Å²) in [5.41, 5.74) is 1.34. The van der Waals surface area contributed by atoms with Crippen molar-refractivity contribution >= 4 is 16.8 Å². The number of carbonyl (C=O) groups is 1. The van der Waals surface area contributed by atoms with Crippen LogP contribution in [-0.2, 0) is 9.47 Å². The maximum atomic E-state index is 13.2. The third kappa shape index (κ3) is 3.14. The fourth-order valence-electron chi connectivity index (χ4n) is 4.15. The number of carbonyl (C=O) groups excluding carboxylic acids is 1. The molecule has 1 aromatic heterocycles. The zero-order valence-electron chi connectivity index (χ0n) is 14.6. The van der Waals surface area contributed by atoms with Crippen molar-refractivity contribution in [3.8, 4) is 0 Å². The molecule has 0 N–H and O–H groups in total. The smallest absolute Gasteiger partial charge is 0.254 e. The minimum atomic E-state index is -0.240. The van der Waals surface area contributed by atoms with Crippen LogP contribution in [0, 0.1) is 0 Å². The average molecular weight is 340 g/mol. The third-order valence-electron chi connectivity index (χ3n) is 5.28. The number of amides is 1. The number of aromatic nitrogens is 1. The molecule has 1 spiro atoms. The molecule has 3 heterocycles. The molecule has 0 bridgehead atoms. The predicted octanol–water partition coefficient (Wildman–Crippen LogP) is 3.04. The van der Waals surface area contributed by atoms with Crippen LogP contribution in [0.1, 0.15) is 36.5 Å². The molecule has 4 rings (SSSR count). The number of benzene rings is 1. The summed E-state index contributed by atoms with van der Waals surface area (Å²) < 4.78 is 11.9. The van der Waals surface area contributed by atoms with Crippen molar-refractivity contribution in [2.75, 3.05) is 26.3 Å². The lowest BCUT2D eigenvalue weighted by Gasteiger charge is -2.39. The number of rotatable bonds is 3. The first-order chi connectivity index (χ1) is 12.2. The Bertz CT molecular complexity index is 773. The van der Waals surface area contributed by atoms with Gasteiger partial charge in [0.15, 0.2) is 0 Å². The van der Waals surface area contributed by atoms with Crippen LogP contribution in [0.5, 0.6) is 0 Å². The molecule has 0 aliphatic carbocycles. The lowest BCUT2D eigenvalue weighted by atomic mass is 9.89. The number of pyridine rings is 1. The summed E-state index contributed by atoms with van der Waals surface area (Å²) >= 11 is 0. The first kappa shape index (κ1) is 16.5. The van der Waals surface area contributed by atoms with Gasteiger partial charge in [0.05, 0.1) is 35.9 Å². The Balaban J connectivity index is 1.56. The van der Waals surface area contributed by atoms with Crippen LogP contribution in [0.3, 0.4) is 0 Å². The van der Waals surface area contributed by atoms with Gasteiger partial charge in [-0.25, -0.2) is 0 Å². The Morgan fingerprint density at radius 1 is 1.40 bits per heavy atom. The van der Waals surface area contributed by atoms with E-state index in [0.29, 0.717) is 19.8 Å². The van der Waals surface area contributed by atoms with E-state index in [2.05, 4.69) is 4.98 Å². The van der Waals surface area contributed by atoms with E-state index < -0.39 is 0 Å². The topological polar surface area (TPSA) is 51.7 Å². The molecule has 2 aromatic rings. The highest BCUT2D eigenvalue weighted by Gasteiger charge is 2.45. The van der Waals surface area contributed by atoms with Crippen molar-refractivity contribution in [1.29, 1.82) is 0 Å². The van der Waals surface area contributed by atoms with Gasteiger partial charge in [-0.3, -0.25) is 9.78 Å². The number of piperidine rings is 1. The molecule has 2 atom stereocenters. The molecule has 2 fully saturated rings. The van der Waals surface area contributed by atoms with Gasteiger partial charge in [0.2, 0.25) is 0 Å². The summed E-state index contributed by atoms with van der Waals surface area (Å²) in [5, 5.41) is 0.911. The summed E-state index contributed by atoms with van der Waals surface area (Å²) in [7, 11) is 0. The summed E-state index contributed by atoms with van der Waals surface area (Å²) in [6, 6.07) is 9.62. The molecule has 2 saturated heterocycles. The lowest BCUT2D eigenvalue weighted by Crippen LogP contribution is -2.50. The number of nitrogens with zero attached hydrogens (tertiary/aromatic N) is 2. The Morgan fingerprint density at radius 2 is 2.28 bits per heavy atom. The number of fused-ring (bicyclic) bond motifs is 1. The number of hydrogen-bond acceptors (Lipinski definition) is 4. The number of hydrogen-bond donors (Lipinski definition) is 0. The van der Waals surface area contributed by atoms with Gasteiger partial charge in [0.1, 0.15) is 0 Å². The van der Waals surface area contributed by atoms with Crippen molar-refractivity contribution in [2.24, 2.45) is 0 Å². The largest absolute Gasteiger partial charge is 0.376 e. The van der Waals surface area contributed by atoms with Gasteiger partial charge in [0, 0.05) is 31.2 Å². The zero-order valence-corrected chi connectivity index (χ0v) is 14.6. The maximum Gasteiger partial charge on any atom is 0.254 e. The van der Waals surface area contributed by atoms with Gasteiger partial charge < -0.3 is 14.4 Å². The zero-order chi connectivity index (χ0) is 17.3. The highest BCUT2D eigenvalue weighted by Crippen LogP contribution is 2.36. The molecule has 1 aromatic carbocycles. The molecular formula is C20H24N2O3. The van der Waals surface area contributed by atoms with Crippen LogP contribution in [0.4, 0.5) is 0 Å². The van der Waals surface area contributed by atoms with E-state index in [1.165, 1.54) is 0 Å². The van der Waals surface area contributed by atoms with Crippen LogP contribution in [0.2, 0.25) is 0 Å². The molecule has 2 aliphatic rings. The van der Waals surface area contributed by atoms with Gasteiger partial charge in [-0.05, 0) is 31.9 Å². The van der Waals surface area contributed by atoms with Gasteiger partial charge in [-0.1, -0.05) is 18.2 Å². The van der Waals surface area contributed by atoms with E-state index in [4.69, 9.17) is 9.47 Å². The normalized spacial score (nSPS) is 26.4. The maximum absolute atomic E-state index is 13.2. The van der Waals surface area contributed by atoms with Crippen LogP contribution < -0.4 is 0 Å². The molecule has 0 radical (unpaired) electrons. The Labute approximate surface area is 147 Å². The van der Waals surface area contributed by atoms with Gasteiger partial charge in [0.25, 0.3) is 5.91 Å². The summed E-state index contributed by atoms with van der Waals surface area (Å²) in [6.07, 6.45) is 4.71. The number of ether oxygens (including phenoxy) is 2. The second kappa shape index (κ2) is 6.73. The molecule has 2 aliphatic heterocycles. The highest BCUT2D eigenvalue weighted by atomic mass is 16.6. The van der Waals surface area contributed by atoms with Crippen LogP contribution in [0.15, 0.2) is 36.5 Å². The standard InChI is InChI=1S/C20H24N2O3/c1-2-24-15-12-20(25-13-15)9-5-11-22(14-20)19(23)17-8-10-21-18-7-4-3-6-16(17)18/h3-4,6-8,10,15H,2,5,9,11-14H2,1H3/t15-,20+/m0/s1.